The minimum absolute atomic E-state index is 0.456. The molecule has 0 N–H and O–H groups in total. The largest absolute Gasteiger partial charge is 0.381 e. The van der Waals surface area contributed by atoms with E-state index < -0.39 is 0 Å². The highest BCUT2D eigenvalue weighted by Crippen LogP contribution is 2.22. The van der Waals surface area contributed by atoms with Gasteiger partial charge in [-0.05, 0) is 43.5 Å². The van der Waals surface area contributed by atoms with Gasteiger partial charge in [0.1, 0.15) is 0 Å². The van der Waals surface area contributed by atoms with Crippen LogP contribution in [-0.2, 0) is 24.2 Å². The predicted molar refractivity (Wildman–Crippen MR) is 79.6 cm³/mol. The lowest BCUT2D eigenvalue weighted by Crippen LogP contribution is -2.37. The zero-order valence-corrected chi connectivity index (χ0v) is 12.6. The summed E-state index contributed by atoms with van der Waals surface area (Å²) in [7, 11) is 4.02. The molecule has 0 aliphatic carbocycles. The molecule has 3 rings (SSSR count). The molecule has 1 saturated heterocycles. The number of methoxy groups -OCH3 is 1. The highest BCUT2D eigenvalue weighted by atomic mass is 16.5. The van der Waals surface area contributed by atoms with E-state index in [2.05, 4.69) is 27.9 Å². The van der Waals surface area contributed by atoms with Crippen LogP contribution in [0.3, 0.4) is 0 Å². The van der Waals surface area contributed by atoms with Crippen LogP contribution < -0.4 is 0 Å². The summed E-state index contributed by atoms with van der Waals surface area (Å²) in [6.07, 6.45) is 5.87. The van der Waals surface area contributed by atoms with Gasteiger partial charge in [0.05, 0.1) is 11.8 Å². The molecule has 0 spiro atoms. The minimum Gasteiger partial charge on any atom is -0.381 e. The maximum atomic E-state index is 5.44. The molecule has 2 aliphatic rings. The van der Waals surface area contributed by atoms with Crippen molar-refractivity contribution in [3.63, 3.8) is 0 Å². The molecule has 4 nitrogen and oxygen atoms in total. The van der Waals surface area contributed by atoms with Crippen LogP contribution in [0.5, 0.6) is 0 Å². The Morgan fingerprint density at radius 3 is 2.85 bits per heavy atom. The lowest BCUT2D eigenvalue weighted by Gasteiger charge is -2.32. The second-order valence-corrected chi connectivity index (χ2v) is 6.09. The van der Waals surface area contributed by atoms with E-state index in [0.29, 0.717) is 6.10 Å². The Labute approximate surface area is 121 Å². The molecule has 110 valence electrons. The Morgan fingerprint density at radius 1 is 1.30 bits per heavy atom. The van der Waals surface area contributed by atoms with Gasteiger partial charge in [0.15, 0.2) is 0 Å². The summed E-state index contributed by atoms with van der Waals surface area (Å²) in [5.41, 5.74) is 4.27. The monoisotopic (exact) mass is 275 g/mol. The standard InChI is InChI=1S/C16H25N3O/c1-18-8-6-15-13(11-18)3-7-17-16(15)12-19-9-4-14(20-2)5-10-19/h3,7,14H,4-6,8-12H2,1-2H3. The van der Waals surface area contributed by atoms with Gasteiger partial charge in [0.2, 0.25) is 0 Å². The molecular weight excluding hydrogens is 250 g/mol. The summed E-state index contributed by atoms with van der Waals surface area (Å²) in [6.45, 7) is 5.48. The van der Waals surface area contributed by atoms with Crippen LogP contribution >= 0.6 is 0 Å². The number of likely N-dealkylation sites (tertiary alicyclic amines) is 1. The lowest BCUT2D eigenvalue weighted by molar-refractivity contribution is 0.0384. The number of fused-ring (bicyclic) bond motifs is 1. The van der Waals surface area contributed by atoms with E-state index in [1.165, 1.54) is 16.8 Å². The van der Waals surface area contributed by atoms with E-state index in [4.69, 9.17) is 4.74 Å². The van der Waals surface area contributed by atoms with Crippen LogP contribution in [0.4, 0.5) is 0 Å². The Kier molecular flexibility index (Phi) is 4.34. The average Bonchev–Trinajstić information content (AvgIpc) is 2.48. The van der Waals surface area contributed by atoms with E-state index in [1.54, 1.807) is 0 Å². The number of hydrogen-bond donors (Lipinski definition) is 0. The molecule has 1 fully saturated rings. The van der Waals surface area contributed by atoms with Gasteiger partial charge in [-0.1, -0.05) is 0 Å². The van der Waals surface area contributed by atoms with E-state index in [9.17, 15) is 0 Å². The predicted octanol–water partition coefficient (Wildman–Crippen LogP) is 1.68. The van der Waals surface area contributed by atoms with Crippen molar-refractivity contribution in [2.45, 2.75) is 38.5 Å². The van der Waals surface area contributed by atoms with Crippen LogP contribution in [0.2, 0.25) is 0 Å². The molecule has 0 saturated carbocycles. The molecule has 0 radical (unpaired) electrons. The third-order valence-corrected chi connectivity index (χ3v) is 4.67. The van der Waals surface area contributed by atoms with Crippen LogP contribution in [0.1, 0.15) is 29.7 Å². The fourth-order valence-electron chi connectivity index (χ4n) is 3.36. The number of likely N-dealkylation sites (N-methyl/N-ethyl adjacent to an activating group) is 1. The first kappa shape index (κ1) is 14.0. The summed E-state index contributed by atoms with van der Waals surface area (Å²) in [4.78, 5) is 9.57. The number of piperidine rings is 1. The van der Waals surface area contributed by atoms with Gasteiger partial charge in [-0.2, -0.15) is 0 Å². The van der Waals surface area contributed by atoms with Crippen molar-refractivity contribution in [1.29, 1.82) is 0 Å². The molecule has 1 aromatic rings. The zero-order chi connectivity index (χ0) is 13.9. The average molecular weight is 275 g/mol. The number of ether oxygens (including phenoxy) is 1. The van der Waals surface area contributed by atoms with Crippen molar-refractivity contribution < 1.29 is 4.74 Å². The highest BCUT2D eigenvalue weighted by molar-refractivity contribution is 5.32. The molecule has 2 aliphatic heterocycles. The molecule has 0 unspecified atom stereocenters. The van der Waals surface area contributed by atoms with Crippen LogP contribution in [0.25, 0.3) is 0 Å². The zero-order valence-electron chi connectivity index (χ0n) is 12.6. The van der Waals surface area contributed by atoms with E-state index in [-0.39, 0.29) is 0 Å². The van der Waals surface area contributed by atoms with Gasteiger partial charge in [-0.3, -0.25) is 9.88 Å². The SMILES string of the molecule is COC1CCN(Cc2nccc3c2CCN(C)C3)CC1. The highest BCUT2D eigenvalue weighted by Gasteiger charge is 2.22. The van der Waals surface area contributed by atoms with Gasteiger partial charge < -0.3 is 9.64 Å². The molecule has 0 amide bonds. The second kappa shape index (κ2) is 6.20. The number of aromatic nitrogens is 1. The van der Waals surface area contributed by atoms with Crippen LogP contribution in [-0.4, -0.2) is 54.7 Å². The van der Waals surface area contributed by atoms with Gasteiger partial charge >= 0.3 is 0 Å². The number of nitrogens with zero attached hydrogens (tertiary/aromatic N) is 3. The summed E-state index contributed by atoms with van der Waals surface area (Å²) in [6, 6.07) is 2.19. The van der Waals surface area contributed by atoms with Crippen molar-refractivity contribution >= 4 is 0 Å². The van der Waals surface area contributed by atoms with Crippen molar-refractivity contribution in [2.24, 2.45) is 0 Å². The molecule has 0 aromatic carbocycles. The van der Waals surface area contributed by atoms with E-state index in [1.807, 2.05) is 13.3 Å². The van der Waals surface area contributed by atoms with Crippen molar-refractivity contribution in [2.75, 3.05) is 33.8 Å². The van der Waals surface area contributed by atoms with Crippen molar-refractivity contribution in [3.8, 4) is 0 Å². The topological polar surface area (TPSA) is 28.6 Å². The minimum atomic E-state index is 0.456. The number of rotatable bonds is 3. The molecule has 0 atom stereocenters. The quantitative estimate of drug-likeness (QED) is 0.839. The lowest BCUT2D eigenvalue weighted by atomic mass is 9.98. The van der Waals surface area contributed by atoms with Crippen molar-refractivity contribution in [1.82, 2.24) is 14.8 Å². The molecular formula is C16H25N3O. The van der Waals surface area contributed by atoms with Gasteiger partial charge in [0.25, 0.3) is 0 Å². The van der Waals surface area contributed by atoms with Gasteiger partial charge in [-0.15, -0.1) is 0 Å². The van der Waals surface area contributed by atoms with E-state index >= 15 is 0 Å². The summed E-state index contributed by atoms with van der Waals surface area (Å²) >= 11 is 0. The first-order valence-corrected chi connectivity index (χ1v) is 7.65. The van der Waals surface area contributed by atoms with E-state index in [0.717, 1.165) is 52.0 Å². The molecule has 4 heteroatoms. The maximum Gasteiger partial charge on any atom is 0.0595 e. The third-order valence-electron chi connectivity index (χ3n) is 4.67. The Bertz CT molecular complexity index is 455. The first-order chi connectivity index (χ1) is 9.76. The molecule has 20 heavy (non-hydrogen) atoms. The smallest absolute Gasteiger partial charge is 0.0595 e. The number of pyridine rings is 1. The van der Waals surface area contributed by atoms with Crippen LogP contribution in [0, 0.1) is 0 Å². The Hall–Kier alpha value is -0.970. The van der Waals surface area contributed by atoms with Crippen LogP contribution in [0.15, 0.2) is 12.3 Å². The second-order valence-electron chi connectivity index (χ2n) is 6.09. The summed E-state index contributed by atoms with van der Waals surface area (Å²) in [5, 5.41) is 0. The fraction of sp³-hybridized carbons (Fsp3) is 0.688. The normalized spacial score (nSPS) is 21.9. The van der Waals surface area contributed by atoms with Gasteiger partial charge in [0, 0.05) is 46.0 Å². The van der Waals surface area contributed by atoms with Crippen molar-refractivity contribution in [3.05, 3.63) is 29.1 Å². The fourth-order valence-corrected chi connectivity index (χ4v) is 3.36. The first-order valence-electron chi connectivity index (χ1n) is 7.65. The summed E-state index contributed by atoms with van der Waals surface area (Å²) < 4.78 is 5.44. The molecule has 1 aromatic heterocycles. The Morgan fingerprint density at radius 2 is 2.10 bits per heavy atom. The Balaban J connectivity index is 1.68. The molecule has 3 heterocycles. The maximum absolute atomic E-state index is 5.44. The molecule has 0 bridgehead atoms. The third kappa shape index (κ3) is 3.03. The van der Waals surface area contributed by atoms with Gasteiger partial charge in [-0.25, -0.2) is 0 Å². The summed E-state index contributed by atoms with van der Waals surface area (Å²) in [5.74, 6) is 0. The number of hydrogen-bond acceptors (Lipinski definition) is 4.